The molecule has 4 nitrogen and oxygen atoms in total. The van der Waals surface area contributed by atoms with Crippen LogP contribution in [-0.2, 0) is 0 Å². The van der Waals surface area contributed by atoms with Gasteiger partial charge in [-0.15, -0.1) is 6.58 Å². The van der Waals surface area contributed by atoms with E-state index in [2.05, 4.69) is 22.7 Å². The summed E-state index contributed by atoms with van der Waals surface area (Å²) in [6.07, 6.45) is 5.94. The number of hydrogen-bond acceptors (Lipinski definition) is 4. The fourth-order valence-electron chi connectivity index (χ4n) is 1.61. The Kier molecular flexibility index (Phi) is 7.14. The summed E-state index contributed by atoms with van der Waals surface area (Å²) in [5.41, 5.74) is 1.46. The zero-order valence-electron chi connectivity index (χ0n) is 12.1. The van der Waals surface area contributed by atoms with Gasteiger partial charge in [-0.3, -0.25) is 4.90 Å². The Labute approximate surface area is 120 Å². The molecule has 1 aromatic carbocycles. The van der Waals surface area contributed by atoms with Gasteiger partial charge in [0.05, 0.1) is 5.71 Å². The van der Waals surface area contributed by atoms with Crippen LogP contribution in [0.4, 0.5) is 0 Å². The number of nitrogens with zero attached hydrogens (tertiary/aromatic N) is 2. The number of oxime groups is 1. The second kappa shape index (κ2) is 8.93. The number of rotatable bonds is 8. The van der Waals surface area contributed by atoms with Crippen LogP contribution in [0.5, 0.6) is 5.75 Å². The summed E-state index contributed by atoms with van der Waals surface area (Å²) in [5.74, 6) is 0.795. The summed E-state index contributed by atoms with van der Waals surface area (Å²) in [5, 5.41) is 11.8. The average molecular weight is 274 g/mol. The van der Waals surface area contributed by atoms with E-state index in [0.717, 1.165) is 24.4 Å². The summed E-state index contributed by atoms with van der Waals surface area (Å²) >= 11 is 0. The highest BCUT2D eigenvalue weighted by atomic mass is 16.5. The van der Waals surface area contributed by atoms with Gasteiger partial charge in [0.25, 0.3) is 0 Å². The first kappa shape index (κ1) is 16.0. The summed E-state index contributed by atoms with van der Waals surface area (Å²) in [6, 6.07) is 7.46. The lowest BCUT2D eigenvalue weighted by Crippen LogP contribution is -2.17. The minimum absolute atomic E-state index is 0.536. The van der Waals surface area contributed by atoms with E-state index in [0.29, 0.717) is 12.3 Å². The van der Waals surface area contributed by atoms with Crippen LogP contribution in [0.25, 0.3) is 0 Å². The highest BCUT2D eigenvalue weighted by Crippen LogP contribution is 2.12. The lowest BCUT2D eigenvalue weighted by molar-refractivity contribution is 0.319. The molecule has 0 fully saturated rings. The Morgan fingerprint density at radius 3 is 2.60 bits per heavy atom. The molecule has 0 aliphatic carbocycles. The second-order valence-electron chi connectivity index (χ2n) is 4.50. The molecule has 1 aromatic rings. The predicted octanol–water partition coefficient (Wildman–Crippen LogP) is 2.94. The minimum Gasteiger partial charge on any atom is -0.490 e. The molecule has 0 saturated heterocycles. The molecule has 0 heterocycles. The van der Waals surface area contributed by atoms with Gasteiger partial charge in [-0.25, -0.2) is 0 Å². The first-order chi connectivity index (χ1) is 9.67. The molecule has 0 radical (unpaired) electrons. The summed E-state index contributed by atoms with van der Waals surface area (Å²) < 4.78 is 5.59. The Balaban J connectivity index is 2.35. The van der Waals surface area contributed by atoms with Gasteiger partial charge in [0, 0.05) is 13.1 Å². The van der Waals surface area contributed by atoms with E-state index < -0.39 is 0 Å². The van der Waals surface area contributed by atoms with Crippen molar-refractivity contribution in [3.63, 3.8) is 0 Å². The fraction of sp³-hybridized carbons (Fsp3) is 0.312. The highest BCUT2D eigenvalue weighted by Gasteiger charge is 1.98. The van der Waals surface area contributed by atoms with Gasteiger partial charge in [0.1, 0.15) is 12.4 Å². The smallest absolute Gasteiger partial charge is 0.119 e. The average Bonchev–Trinajstić information content (AvgIpc) is 2.47. The molecule has 0 saturated carbocycles. The number of likely N-dealkylation sites (N-methyl/N-ethyl adjacent to an activating group) is 1. The standard InChI is InChI=1S/C16H22N2O2/c1-4-11-18(3)12-5-6-13-20-16-9-7-15(8-10-16)14(2)17-19/h4-10,19H,1,11-13H2,2-3H3. The lowest BCUT2D eigenvalue weighted by atomic mass is 10.1. The molecule has 20 heavy (non-hydrogen) atoms. The van der Waals surface area contributed by atoms with Crippen molar-refractivity contribution in [3.8, 4) is 5.75 Å². The largest absolute Gasteiger partial charge is 0.490 e. The van der Waals surface area contributed by atoms with E-state index in [1.807, 2.05) is 43.5 Å². The molecule has 1 N–H and O–H groups in total. The Morgan fingerprint density at radius 1 is 1.30 bits per heavy atom. The molecular weight excluding hydrogens is 252 g/mol. The van der Waals surface area contributed by atoms with E-state index in [4.69, 9.17) is 9.94 Å². The topological polar surface area (TPSA) is 45.1 Å². The quantitative estimate of drug-likeness (QED) is 0.343. The zero-order valence-corrected chi connectivity index (χ0v) is 12.1. The fourth-order valence-corrected chi connectivity index (χ4v) is 1.61. The molecule has 0 atom stereocenters. The monoisotopic (exact) mass is 274 g/mol. The Hall–Kier alpha value is -2.07. The second-order valence-corrected chi connectivity index (χ2v) is 4.50. The Bertz CT molecular complexity index is 464. The van der Waals surface area contributed by atoms with Crippen molar-refractivity contribution in [3.05, 3.63) is 54.6 Å². The summed E-state index contributed by atoms with van der Waals surface area (Å²) in [4.78, 5) is 2.15. The van der Waals surface area contributed by atoms with Gasteiger partial charge in [0.2, 0.25) is 0 Å². The van der Waals surface area contributed by atoms with Crippen LogP contribution in [0.1, 0.15) is 12.5 Å². The van der Waals surface area contributed by atoms with E-state index >= 15 is 0 Å². The Morgan fingerprint density at radius 2 is 2.00 bits per heavy atom. The number of ether oxygens (including phenoxy) is 1. The minimum atomic E-state index is 0.536. The van der Waals surface area contributed by atoms with Crippen molar-refractivity contribution in [2.75, 3.05) is 26.7 Å². The van der Waals surface area contributed by atoms with Gasteiger partial charge in [-0.05, 0) is 43.8 Å². The van der Waals surface area contributed by atoms with Crippen LogP contribution in [-0.4, -0.2) is 42.6 Å². The molecular formula is C16H22N2O2. The predicted molar refractivity (Wildman–Crippen MR) is 82.8 cm³/mol. The van der Waals surface area contributed by atoms with Crippen molar-refractivity contribution in [2.45, 2.75) is 6.92 Å². The van der Waals surface area contributed by atoms with Crippen molar-refractivity contribution < 1.29 is 9.94 Å². The third-order valence-electron chi connectivity index (χ3n) is 2.79. The molecule has 1 rings (SSSR count). The lowest BCUT2D eigenvalue weighted by Gasteiger charge is -2.10. The van der Waals surface area contributed by atoms with Crippen molar-refractivity contribution in [2.24, 2.45) is 5.16 Å². The van der Waals surface area contributed by atoms with E-state index in [-0.39, 0.29) is 0 Å². The summed E-state index contributed by atoms with van der Waals surface area (Å²) in [6.45, 7) is 7.73. The molecule has 0 spiro atoms. The molecule has 0 aliphatic rings. The maximum Gasteiger partial charge on any atom is 0.119 e. The van der Waals surface area contributed by atoms with Crippen LogP contribution in [0, 0.1) is 0 Å². The van der Waals surface area contributed by atoms with Crippen LogP contribution < -0.4 is 4.74 Å². The SMILES string of the molecule is C=CCN(C)CC=CCOc1ccc(C(C)=NO)cc1. The third kappa shape index (κ3) is 5.71. The van der Waals surface area contributed by atoms with Crippen molar-refractivity contribution in [1.82, 2.24) is 4.90 Å². The maximum absolute atomic E-state index is 8.68. The van der Waals surface area contributed by atoms with Crippen LogP contribution >= 0.6 is 0 Å². The highest BCUT2D eigenvalue weighted by molar-refractivity contribution is 5.98. The summed E-state index contributed by atoms with van der Waals surface area (Å²) in [7, 11) is 2.04. The van der Waals surface area contributed by atoms with Crippen LogP contribution in [0.15, 0.2) is 54.2 Å². The van der Waals surface area contributed by atoms with Gasteiger partial charge in [0.15, 0.2) is 0 Å². The molecule has 0 aliphatic heterocycles. The first-order valence-corrected chi connectivity index (χ1v) is 6.53. The molecule has 108 valence electrons. The normalized spacial score (nSPS) is 12.1. The van der Waals surface area contributed by atoms with Gasteiger partial charge >= 0.3 is 0 Å². The third-order valence-corrected chi connectivity index (χ3v) is 2.79. The number of hydrogen-bond donors (Lipinski definition) is 1. The van der Waals surface area contributed by atoms with E-state index in [9.17, 15) is 0 Å². The molecule has 0 amide bonds. The van der Waals surface area contributed by atoms with Gasteiger partial charge in [-0.2, -0.15) is 0 Å². The number of benzene rings is 1. The van der Waals surface area contributed by atoms with Crippen molar-refractivity contribution >= 4 is 5.71 Å². The molecule has 0 bridgehead atoms. The van der Waals surface area contributed by atoms with Crippen LogP contribution in [0.3, 0.4) is 0 Å². The van der Waals surface area contributed by atoms with Gasteiger partial charge < -0.3 is 9.94 Å². The van der Waals surface area contributed by atoms with Gasteiger partial charge in [-0.1, -0.05) is 23.4 Å². The van der Waals surface area contributed by atoms with Crippen molar-refractivity contribution in [1.29, 1.82) is 0 Å². The van der Waals surface area contributed by atoms with Crippen LogP contribution in [0.2, 0.25) is 0 Å². The molecule has 0 unspecified atom stereocenters. The zero-order chi connectivity index (χ0) is 14.8. The first-order valence-electron chi connectivity index (χ1n) is 6.53. The maximum atomic E-state index is 8.68. The molecule has 0 aromatic heterocycles. The van der Waals surface area contributed by atoms with E-state index in [1.54, 1.807) is 6.92 Å². The molecule has 4 heteroatoms. The van der Waals surface area contributed by atoms with E-state index in [1.165, 1.54) is 0 Å².